The Balaban J connectivity index is 2.39. The number of amides is 1. The fourth-order valence-electron chi connectivity index (χ4n) is 1.33. The maximum absolute atomic E-state index is 11.6. The molecule has 0 bridgehead atoms. The van der Waals surface area contributed by atoms with Crippen molar-refractivity contribution in [1.82, 2.24) is 5.32 Å². The van der Waals surface area contributed by atoms with Gasteiger partial charge in [0.25, 0.3) is 0 Å². The topological polar surface area (TPSA) is 58.6 Å². The lowest BCUT2D eigenvalue weighted by Crippen LogP contribution is -2.42. The molecule has 19 heavy (non-hydrogen) atoms. The summed E-state index contributed by atoms with van der Waals surface area (Å²) in [6, 6.07) is 9.53. The lowest BCUT2D eigenvalue weighted by molar-refractivity contribution is 0.0491. The molecule has 1 amide bonds. The van der Waals surface area contributed by atoms with Gasteiger partial charge < -0.3 is 15.2 Å². The van der Waals surface area contributed by atoms with Crippen LogP contribution in [0.15, 0.2) is 35.2 Å². The highest BCUT2D eigenvalue weighted by molar-refractivity contribution is 7.99. The Labute approximate surface area is 118 Å². The van der Waals surface area contributed by atoms with E-state index in [4.69, 9.17) is 4.74 Å². The predicted molar refractivity (Wildman–Crippen MR) is 77.4 cm³/mol. The molecule has 4 nitrogen and oxygen atoms in total. The standard InChI is InChI=1S/C14H21NO3S/c1-14(2,3)18-13(17)15-11(9-16)10-19-12-7-5-4-6-8-12/h4-8,11,16H,9-10H2,1-3H3,(H,15,17)/t11-/m1/s1. The number of carbonyl (C=O) groups is 1. The molecule has 0 saturated heterocycles. The molecule has 0 radical (unpaired) electrons. The maximum Gasteiger partial charge on any atom is 0.407 e. The van der Waals surface area contributed by atoms with E-state index in [9.17, 15) is 9.90 Å². The molecule has 0 spiro atoms. The summed E-state index contributed by atoms with van der Waals surface area (Å²) in [7, 11) is 0. The van der Waals surface area contributed by atoms with Crippen LogP contribution in [0.2, 0.25) is 0 Å². The maximum atomic E-state index is 11.6. The van der Waals surface area contributed by atoms with E-state index in [-0.39, 0.29) is 12.6 Å². The summed E-state index contributed by atoms with van der Waals surface area (Å²) in [5.41, 5.74) is -0.531. The molecule has 0 fully saturated rings. The van der Waals surface area contributed by atoms with Crippen molar-refractivity contribution in [3.8, 4) is 0 Å². The van der Waals surface area contributed by atoms with Crippen molar-refractivity contribution < 1.29 is 14.6 Å². The number of alkyl carbamates (subject to hydrolysis) is 1. The zero-order valence-electron chi connectivity index (χ0n) is 11.6. The van der Waals surface area contributed by atoms with E-state index >= 15 is 0 Å². The number of hydrogen-bond donors (Lipinski definition) is 2. The van der Waals surface area contributed by atoms with Crippen LogP contribution in [0.3, 0.4) is 0 Å². The van der Waals surface area contributed by atoms with Crippen molar-refractivity contribution in [3.05, 3.63) is 30.3 Å². The van der Waals surface area contributed by atoms with Crippen LogP contribution in [0.4, 0.5) is 4.79 Å². The lowest BCUT2D eigenvalue weighted by Gasteiger charge is -2.22. The van der Waals surface area contributed by atoms with Gasteiger partial charge in [0, 0.05) is 10.6 Å². The lowest BCUT2D eigenvalue weighted by atomic mass is 10.2. The van der Waals surface area contributed by atoms with Crippen LogP contribution in [0.25, 0.3) is 0 Å². The summed E-state index contributed by atoms with van der Waals surface area (Å²) in [6.07, 6.45) is -0.500. The molecule has 0 unspecified atom stereocenters. The molecule has 5 heteroatoms. The first-order chi connectivity index (χ1) is 8.90. The largest absolute Gasteiger partial charge is 0.444 e. The SMILES string of the molecule is CC(C)(C)OC(=O)N[C@H](CO)CSc1ccccc1. The number of benzene rings is 1. The minimum atomic E-state index is -0.531. The average Bonchev–Trinajstić information content (AvgIpc) is 2.33. The quantitative estimate of drug-likeness (QED) is 0.816. The van der Waals surface area contributed by atoms with Crippen molar-refractivity contribution in [2.24, 2.45) is 0 Å². The summed E-state index contributed by atoms with van der Waals surface area (Å²) in [6.45, 7) is 5.30. The Morgan fingerprint density at radius 2 is 2.00 bits per heavy atom. The normalized spacial score (nSPS) is 12.8. The van der Waals surface area contributed by atoms with E-state index in [0.717, 1.165) is 4.90 Å². The van der Waals surface area contributed by atoms with Crippen LogP contribution < -0.4 is 5.32 Å². The fraction of sp³-hybridized carbons (Fsp3) is 0.500. The Hall–Kier alpha value is -1.20. The fourth-order valence-corrected chi connectivity index (χ4v) is 2.26. The molecule has 0 saturated carbocycles. The van der Waals surface area contributed by atoms with Crippen LogP contribution in [0, 0.1) is 0 Å². The molecule has 0 heterocycles. The number of rotatable bonds is 5. The van der Waals surface area contributed by atoms with Gasteiger partial charge in [-0.3, -0.25) is 0 Å². The molecule has 106 valence electrons. The number of hydrogen-bond acceptors (Lipinski definition) is 4. The molecule has 1 atom stereocenters. The van der Waals surface area contributed by atoms with E-state index in [1.807, 2.05) is 30.3 Å². The second-order valence-corrected chi connectivity index (χ2v) is 6.24. The van der Waals surface area contributed by atoms with Crippen LogP contribution >= 0.6 is 11.8 Å². The Bertz CT molecular complexity index is 389. The minimum Gasteiger partial charge on any atom is -0.444 e. The number of aliphatic hydroxyl groups is 1. The zero-order valence-corrected chi connectivity index (χ0v) is 12.4. The molecule has 1 aromatic carbocycles. The van der Waals surface area contributed by atoms with Crippen LogP contribution in [-0.4, -0.2) is 35.2 Å². The average molecular weight is 283 g/mol. The summed E-state index contributed by atoms with van der Waals surface area (Å²) in [5, 5.41) is 11.9. The summed E-state index contributed by atoms with van der Waals surface area (Å²) < 4.78 is 5.15. The number of thioether (sulfide) groups is 1. The van der Waals surface area contributed by atoms with Crippen LogP contribution in [-0.2, 0) is 4.74 Å². The van der Waals surface area contributed by atoms with Gasteiger partial charge in [-0.05, 0) is 32.9 Å². The molecule has 1 aromatic rings. The van der Waals surface area contributed by atoms with Crippen molar-refractivity contribution in [3.63, 3.8) is 0 Å². The first-order valence-electron chi connectivity index (χ1n) is 6.19. The van der Waals surface area contributed by atoms with Gasteiger partial charge in [-0.15, -0.1) is 11.8 Å². The Kier molecular flexibility index (Phi) is 6.18. The predicted octanol–water partition coefficient (Wildman–Crippen LogP) is 2.66. The highest BCUT2D eigenvalue weighted by Gasteiger charge is 2.19. The molecule has 0 aromatic heterocycles. The second-order valence-electron chi connectivity index (χ2n) is 5.15. The smallest absolute Gasteiger partial charge is 0.407 e. The Morgan fingerprint density at radius 3 is 2.53 bits per heavy atom. The summed E-state index contributed by atoms with van der Waals surface area (Å²) in [4.78, 5) is 12.7. The van der Waals surface area contributed by atoms with Gasteiger partial charge in [0.15, 0.2) is 0 Å². The van der Waals surface area contributed by atoms with Crippen molar-refractivity contribution in [2.45, 2.75) is 37.3 Å². The van der Waals surface area contributed by atoms with E-state index in [1.54, 1.807) is 32.5 Å². The molecular formula is C14H21NO3S. The van der Waals surface area contributed by atoms with Gasteiger partial charge in [-0.2, -0.15) is 0 Å². The highest BCUT2D eigenvalue weighted by atomic mass is 32.2. The second kappa shape index (κ2) is 7.40. The summed E-state index contributed by atoms with van der Waals surface area (Å²) >= 11 is 1.58. The first kappa shape index (κ1) is 15.9. The molecular weight excluding hydrogens is 262 g/mol. The number of nitrogens with one attached hydrogen (secondary N) is 1. The van der Waals surface area contributed by atoms with Crippen LogP contribution in [0.1, 0.15) is 20.8 Å². The zero-order chi connectivity index (χ0) is 14.3. The molecule has 0 aliphatic heterocycles. The van der Waals surface area contributed by atoms with Crippen molar-refractivity contribution >= 4 is 17.9 Å². The minimum absolute atomic E-state index is 0.112. The van der Waals surface area contributed by atoms with E-state index < -0.39 is 11.7 Å². The summed E-state index contributed by atoms with van der Waals surface area (Å²) in [5.74, 6) is 0.597. The molecule has 0 aliphatic carbocycles. The van der Waals surface area contributed by atoms with Crippen molar-refractivity contribution in [2.75, 3.05) is 12.4 Å². The third-order valence-electron chi connectivity index (χ3n) is 2.14. The van der Waals surface area contributed by atoms with Crippen molar-refractivity contribution in [1.29, 1.82) is 0 Å². The van der Waals surface area contributed by atoms with Gasteiger partial charge in [0.05, 0.1) is 12.6 Å². The van der Waals surface area contributed by atoms with Gasteiger partial charge in [0.1, 0.15) is 5.60 Å². The monoisotopic (exact) mass is 283 g/mol. The van der Waals surface area contributed by atoms with E-state index in [1.165, 1.54) is 0 Å². The number of ether oxygens (including phenoxy) is 1. The van der Waals surface area contributed by atoms with Gasteiger partial charge in [0.2, 0.25) is 0 Å². The Morgan fingerprint density at radius 1 is 1.37 bits per heavy atom. The van der Waals surface area contributed by atoms with E-state index in [2.05, 4.69) is 5.32 Å². The third kappa shape index (κ3) is 7.08. The number of aliphatic hydroxyl groups excluding tert-OH is 1. The highest BCUT2D eigenvalue weighted by Crippen LogP contribution is 2.18. The number of carbonyl (C=O) groups excluding carboxylic acids is 1. The van der Waals surface area contributed by atoms with Gasteiger partial charge in [-0.25, -0.2) is 4.79 Å². The van der Waals surface area contributed by atoms with E-state index in [0.29, 0.717) is 5.75 Å². The molecule has 2 N–H and O–H groups in total. The van der Waals surface area contributed by atoms with Gasteiger partial charge >= 0.3 is 6.09 Å². The first-order valence-corrected chi connectivity index (χ1v) is 7.17. The molecule has 1 rings (SSSR count). The van der Waals surface area contributed by atoms with Gasteiger partial charge in [-0.1, -0.05) is 18.2 Å². The molecule has 0 aliphatic rings. The van der Waals surface area contributed by atoms with Crippen LogP contribution in [0.5, 0.6) is 0 Å². The third-order valence-corrected chi connectivity index (χ3v) is 3.31.